The van der Waals surface area contributed by atoms with Crippen LogP contribution in [0.15, 0.2) is 21.5 Å². The van der Waals surface area contributed by atoms with Gasteiger partial charge in [0.05, 0.1) is 10.5 Å². The van der Waals surface area contributed by atoms with Crippen molar-refractivity contribution in [3.63, 3.8) is 0 Å². The molecule has 0 heterocycles. The summed E-state index contributed by atoms with van der Waals surface area (Å²) in [4.78, 5) is 11.0. The zero-order valence-corrected chi connectivity index (χ0v) is 14.3. The Morgan fingerprint density at radius 2 is 2.00 bits per heavy atom. The third-order valence-electron chi connectivity index (χ3n) is 2.91. The predicted octanol–water partition coefficient (Wildman–Crippen LogP) is 1.73. The number of rotatable bonds is 8. The Kier molecular flexibility index (Phi) is 6.79. The van der Waals surface area contributed by atoms with Crippen molar-refractivity contribution in [1.82, 2.24) is 10.0 Å². The SMILES string of the molecule is CCNCCCNS(=O)(=O)c1cc(C(=O)O)cc(Br)c1C. The number of benzene rings is 1. The first-order chi connectivity index (χ1) is 9.79. The lowest BCUT2D eigenvalue weighted by atomic mass is 10.1. The van der Waals surface area contributed by atoms with Gasteiger partial charge in [0.15, 0.2) is 0 Å². The molecule has 1 aromatic rings. The average Bonchev–Trinajstić information content (AvgIpc) is 2.40. The lowest BCUT2D eigenvalue weighted by Gasteiger charge is -2.12. The fourth-order valence-electron chi connectivity index (χ4n) is 1.73. The fourth-order valence-corrected chi connectivity index (χ4v) is 3.69. The summed E-state index contributed by atoms with van der Waals surface area (Å²) in [6.45, 7) is 5.45. The molecule has 21 heavy (non-hydrogen) atoms. The van der Waals surface area contributed by atoms with Crippen molar-refractivity contribution < 1.29 is 18.3 Å². The zero-order chi connectivity index (χ0) is 16.0. The first kappa shape index (κ1) is 18.1. The number of carboxylic acids is 1. The van der Waals surface area contributed by atoms with Crippen LogP contribution in [0.25, 0.3) is 0 Å². The fraction of sp³-hybridized carbons (Fsp3) is 0.462. The Morgan fingerprint density at radius 3 is 2.57 bits per heavy atom. The Labute approximate surface area is 133 Å². The van der Waals surface area contributed by atoms with Crippen LogP contribution in [0.2, 0.25) is 0 Å². The third-order valence-corrected chi connectivity index (χ3v) is 5.32. The van der Waals surface area contributed by atoms with Gasteiger partial charge in [-0.2, -0.15) is 0 Å². The van der Waals surface area contributed by atoms with Gasteiger partial charge in [-0.05, 0) is 44.1 Å². The van der Waals surface area contributed by atoms with Crippen LogP contribution < -0.4 is 10.0 Å². The van der Waals surface area contributed by atoms with E-state index < -0.39 is 16.0 Å². The van der Waals surface area contributed by atoms with Crippen molar-refractivity contribution in [1.29, 1.82) is 0 Å². The van der Waals surface area contributed by atoms with Crippen molar-refractivity contribution in [3.05, 3.63) is 27.7 Å². The molecular weight excluding hydrogens is 360 g/mol. The molecule has 0 aromatic heterocycles. The second kappa shape index (κ2) is 7.88. The van der Waals surface area contributed by atoms with Gasteiger partial charge in [-0.3, -0.25) is 0 Å². The van der Waals surface area contributed by atoms with Crippen LogP contribution in [0, 0.1) is 6.92 Å². The molecule has 6 nitrogen and oxygen atoms in total. The molecule has 1 aromatic carbocycles. The lowest BCUT2D eigenvalue weighted by molar-refractivity contribution is 0.0696. The molecule has 1 rings (SSSR count). The van der Waals surface area contributed by atoms with E-state index in [1.807, 2.05) is 6.92 Å². The van der Waals surface area contributed by atoms with E-state index in [4.69, 9.17) is 5.11 Å². The summed E-state index contributed by atoms with van der Waals surface area (Å²) in [6, 6.07) is 2.57. The van der Waals surface area contributed by atoms with E-state index in [9.17, 15) is 13.2 Å². The van der Waals surface area contributed by atoms with Crippen LogP contribution in [0.1, 0.15) is 29.3 Å². The molecule has 0 aliphatic heterocycles. The van der Waals surface area contributed by atoms with E-state index in [0.29, 0.717) is 23.0 Å². The number of aromatic carboxylic acids is 1. The largest absolute Gasteiger partial charge is 0.478 e. The number of sulfonamides is 1. The van der Waals surface area contributed by atoms with Gasteiger partial charge in [0.1, 0.15) is 0 Å². The standard InChI is InChI=1S/C13H19BrN2O4S/c1-3-15-5-4-6-16-21(19,20)12-8-10(13(17)18)7-11(14)9(12)2/h7-8,15-16H,3-6H2,1-2H3,(H,17,18). The molecule has 0 radical (unpaired) electrons. The Bertz CT molecular complexity index is 617. The van der Waals surface area contributed by atoms with Gasteiger partial charge in [0.25, 0.3) is 0 Å². The predicted molar refractivity (Wildman–Crippen MR) is 84.2 cm³/mol. The first-order valence-corrected chi connectivity index (χ1v) is 8.81. The van der Waals surface area contributed by atoms with E-state index in [2.05, 4.69) is 26.0 Å². The second-order valence-electron chi connectivity index (χ2n) is 4.49. The van der Waals surface area contributed by atoms with Crippen LogP contribution in [-0.4, -0.2) is 39.1 Å². The minimum Gasteiger partial charge on any atom is -0.478 e. The van der Waals surface area contributed by atoms with Gasteiger partial charge < -0.3 is 10.4 Å². The second-order valence-corrected chi connectivity index (χ2v) is 7.08. The quantitative estimate of drug-likeness (QED) is 0.598. The molecule has 0 spiro atoms. The summed E-state index contributed by atoms with van der Waals surface area (Å²) in [7, 11) is -3.73. The summed E-state index contributed by atoms with van der Waals surface area (Å²) < 4.78 is 27.5. The monoisotopic (exact) mass is 378 g/mol. The summed E-state index contributed by atoms with van der Waals surface area (Å²) in [5.74, 6) is -1.17. The Hall–Kier alpha value is -0.960. The molecule has 0 fully saturated rings. The minimum absolute atomic E-state index is 0.0160. The maximum absolute atomic E-state index is 12.3. The summed E-state index contributed by atoms with van der Waals surface area (Å²) >= 11 is 3.19. The van der Waals surface area contributed by atoms with Gasteiger partial charge in [0.2, 0.25) is 10.0 Å². The highest BCUT2D eigenvalue weighted by atomic mass is 79.9. The molecule has 3 N–H and O–H groups in total. The molecule has 0 bridgehead atoms. The molecule has 0 amide bonds. The van der Waals surface area contributed by atoms with Crippen molar-refractivity contribution >= 4 is 31.9 Å². The van der Waals surface area contributed by atoms with Crippen molar-refractivity contribution in [2.75, 3.05) is 19.6 Å². The van der Waals surface area contributed by atoms with Crippen LogP contribution >= 0.6 is 15.9 Å². The number of hydrogen-bond donors (Lipinski definition) is 3. The highest BCUT2D eigenvalue weighted by Gasteiger charge is 2.20. The Morgan fingerprint density at radius 1 is 1.33 bits per heavy atom. The number of nitrogens with one attached hydrogen (secondary N) is 2. The van der Waals surface area contributed by atoms with E-state index >= 15 is 0 Å². The van der Waals surface area contributed by atoms with E-state index in [1.165, 1.54) is 12.1 Å². The van der Waals surface area contributed by atoms with Gasteiger partial charge in [-0.25, -0.2) is 17.9 Å². The van der Waals surface area contributed by atoms with Gasteiger partial charge >= 0.3 is 5.97 Å². The first-order valence-electron chi connectivity index (χ1n) is 6.53. The molecule has 0 atom stereocenters. The summed E-state index contributed by atoms with van der Waals surface area (Å²) in [5, 5.41) is 12.1. The Balaban J connectivity index is 2.94. The number of carbonyl (C=O) groups is 1. The van der Waals surface area contributed by atoms with Crippen molar-refractivity contribution in [2.45, 2.75) is 25.2 Å². The van der Waals surface area contributed by atoms with Gasteiger partial charge in [-0.1, -0.05) is 22.9 Å². The molecule has 0 unspecified atom stereocenters. The molecule has 0 aliphatic rings. The zero-order valence-electron chi connectivity index (χ0n) is 11.9. The minimum atomic E-state index is -3.73. The van der Waals surface area contributed by atoms with Gasteiger partial charge in [0, 0.05) is 11.0 Å². The summed E-state index contributed by atoms with van der Waals surface area (Å²) in [6.07, 6.45) is 0.659. The number of carboxylic acid groups (broad SMARTS) is 1. The molecule has 0 saturated carbocycles. The van der Waals surface area contributed by atoms with Gasteiger partial charge in [-0.15, -0.1) is 0 Å². The van der Waals surface area contributed by atoms with E-state index in [-0.39, 0.29) is 10.5 Å². The van der Waals surface area contributed by atoms with Crippen LogP contribution in [0.3, 0.4) is 0 Å². The third kappa shape index (κ3) is 5.06. The number of halogens is 1. The highest BCUT2D eigenvalue weighted by Crippen LogP contribution is 2.25. The lowest BCUT2D eigenvalue weighted by Crippen LogP contribution is -2.28. The normalized spacial score (nSPS) is 11.6. The molecule has 0 aliphatic carbocycles. The van der Waals surface area contributed by atoms with Crippen LogP contribution in [0.4, 0.5) is 0 Å². The number of hydrogen-bond acceptors (Lipinski definition) is 4. The molecule has 118 valence electrons. The molecule has 0 saturated heterocycles. The van der Waals surface area contributed by atoms with Crippen molar-refractivity contribution in [2.24, 2.45) is 0 Å². The van der Waals surface area contributed by atoms with E-state index in [0.717, 1.165) is 13.1 Å². The highest BCUT2D eigenvalue weighted by molar-refractivity contribution is 9.10. The summed E-state index contributed by atoms with van der Waals surface area (Å²) in [5.41, 5.74) is 0.416. The maximum Gasteiger partial charge on any atom is 0.335 e. The molecular formula is C13H19BrN2O4S. The smallest absolute Gasteiger partial charge is 0.335 e. The topological polar surface area (TPSA) is 95.5 Å². The maximum atomic E-state index is 12.3. The van der Waals surface area contributed by atoms with E-state index in [1.54, 1.807) is 6.92 Å². The van der Waals surface area contributed by atoms with Crippen LogP contribution in [-0.2, 0) is 10.0 Å². The average molecular weight is 379 g/mol. The molecule has 8 heteroatoms. The van der Waals surface area contributed by atoms with Crippen LogP contribution in [0.5, 0.6) is 0 Å². The van der Waals surface area contributed by atoms with Crippen molar-refractivity contribution in [3.8, 4) is 0 Å².